The van der Waals surface area contributed by atoms with Crippen molar-refractivity contribution in [3.63, 3.8) is 0 Å². The van der Waals surface area contributed by atoms with Crippen molar-refractivity contribution in [3.05, 3.63) is 29.5 Å². The van der Waals surface area contributed by atoms with Gasteiger partial charge in [-0.05, 0) is 44.4 Å². The van der Waals surface area contributed by atoms with Crippen molar-refractivity contribution >= 4 is 32.7 Å². The van der Waals surface area contributed by atoms with Gasteiger partial charge in [-0.3, -0.25) is 4.79 Å². The fourth-order valence-corrected chi connectivity index (χ4v) is 5.55. The average molecular weight is 421 g/mol. The Morgan fingerprint density at radius 1 is 1.21 bits per heavy atom. The lowest BCUT2D eigenvalue weighted by atomic mass is 10.1. The molecule has 2 aliphatic rings. The summed E-state index contributed by atoms with van der Waals surface area (Å²) in [6, 6.07) is 4.91. The Morgan fingerprint density at radius 2 is 1.97 bits per heavy atom. The van der Waals surface area contributed by atoms with Crippen LogP contribution in [-0.4, -0.2) is 62.5 Å². The van der Waals surface area contributed by atoms with E-state index in [-0.39, 0.29) is 35.3 Å². The second-order valence-corrected chi connectivity index (χ2v) is 9.81. The molecule has 9 heteroatoms. The average Bonchev–Trinajstić information content (AvgIpc) is 3.38. The quantitative estimate of drug-likeness (QED) is 0.658. The number of esters is 1. The fourth-order valence-electron chi connectivity index (χ4n) is 3.84. The topological polar surface area (TPSA) is 103 Å². The van der Waals surface area contributed by atoms with Crippen LogP contribution in [0.1, 0.15) is 35.4 Å². The molecule has 29 heavy (non-hydrogen) atoms. The van der Waals surface area contributed by atoms with Gasteiger partial charge in [0.25, 0.3) is 5.91 Å². The molecule has 0 bridgehead atoms. The van der Waals surface area contributed by atoms with Gasteiger partial charge in [-0.2, -0.15) is 0 Å². The highest BCUT2D eigenvalue weighted by atomic mass is 32.2. The second-order valence-electron chi connectivity index (χ2n) is 7.58. The van der Waals surface area contributed by atoms with Crippen molar-refractivity contribution in [2.75, 3.05) is 25.2 Å². The molecule has 4 rings (SSSR count). The number of hydrogen-bond donors (Lipinski definition) is 0. The van der Waals surface area contributed by atoms with Gasteiger partial charge in [0.2, 0.25) is 5.76 Å². The lowest BCUT2D eigenvalue weighted by Crippen LogP contribution is -2.44. The minimum Gasteiger partial charge on any atom is -0.497 e. The number of carbonyl (C=O) groups is 2. The predicted molar refractivity (Wildman–Crippen MR) is 105 cm³/mol. The molecule has 1 aliphatic carbocycles. The number of benzene rings is 1. The summed E-state index contributed by atoms with van der Waals surface area (Å²) in [4.78, 5) is 26.8. The molecule has 156 valence electrons. The predicted octanol–water partition coefficient (Wildman–Crippen LogP) is 2.08. The summed E-state index contributed by atoms with van der Waals surface area (Å²) in [5, 5.41) is 0.735. The summed E-state index contributed by atoms with van der Waals surface area (Å²) in [6.45, 7) is 1.30. The number of hydrogen-bond acceptors (Lipinski definition) is 7. The SMILES string of the molecule is COc1ccc2oc(C(=O)OCC(=O)N(C3CC3)[C@H]3CCS(=O)(=O)C3)c(C)c2c1. The van der Waals surface area contributed by atoms with Crippen LogP contribution in [-0.2, 0) is 19.4 Å². The molecule has 8 nitrogen and oxygen atoms in total. The number of aryl methyl sites for hydroxylation is 1. The summed E-state index contributed by atoms with van der Waals surface area (Å²) < 4.78 is 39.6. The maximum Gasteiger partial charge on any atom is 0.375 e. The Bertz CT molecular complexity index is 1070. The summed E-state index contributed by atoms with van der Waals surface area (Å²) in [6.07, 6.45) is 2.13. The molecule has 1 aromatic heterocycles. The maximum absolute atomic E-state index is 12.7. The van der Waals surface area contributed by atoms with E-state index in [2.05, 4.69) is 0 Å². The number of furan rings is 1. The first-order valence-electron chi connectivity index (χ1n) is 9.55. The lowest BCUT2D eigenvalue weighted by molar-refractivity contribution is -0.137. The van der Waals surface area contributed by atoms with E-state index in [1.807, 2.05) is 0 Å². The Kier molecular flexibility index (Phi) is 5.02. The molecule has 2 fully saturated rings. The zero-order chi connectivity index (χ0) is 20.8. The van der Waals surface area contributed by atoms with Gasteiger partial charge in [-0.1, -0.05) is 0 Å². The minimum atomic E-state index is -3.11. The molecule has 1 aliphatic heterocycles. The summed E-state index contributed by atoms with van der Waals surface area (Å²) in [7, 11) is -1.55. The number of rotatable bonds is 6. The zero-order valence-corrected chi connectivity index (χ0v) is 17.2. The van der Waals surface area contributed by atoms with Crippen molar-refractivity contribution in [2.45, 2.75) is 38.3 Å². The van der Waals surface area contributed by atoms with Crippen LogP contribution in [0.3, 0.4) is 0 Å². The van der Waals surface area contributed by atoms with Crippen molar-refractivity contribution in [2.24, 2.45) is 0 Å². The molecule has 0 spiro atoms. The van der Waals surface area contributed by atoms with E-state index in [4.69, 9.17) is 13.9 Å². The highest BCUT2D eigenvalue weighted by molar-refractivity contribution is 7.91. The van der Waals surface area contributed by atoms with E-state index in [0.717, 1.165) is 18.2 Å². The number of carbonyl (C=O) groups excluding carboxylic acids is 2. The molecular formula is C20H23NO7S. The van der Waals surface area contributed by atoms with Gasteiger partial charge in [0.05, 0.1) is 18.6 Å². The summed E-state index contributed by atoms with van der Waals surface area (Å²) in [5.41, 5.74) is 1.13. The second kappa shape index (κ2) is 7.37. The third-order valence-electron chi connectivity index (χ3n) is 5.49. The number of sulfone groups is 1. The van der Waals surface area contributed by atoms with Gasteiger partial charge in [0, 0.05) is 23.0 Å². The van der Waals surface area contributed by atoms with Gasteiger partial charge in [0.15, 0.2) is 16.4 Å². The molecule has 0 unspecified atom stereocenters. The lowest BCUT2D eigenvalue weighted by Gasteiger charge is -2.28. The monoisotopic (exact) mass is 421 g/mol. The zero-order valence-electron chi connectivity index (χ0n) is 16.3. The third kappa shape index (κ3) is 3.96. The number of nitrogens with zero attached hydrogens (tertiary/aromatic N) is 1. The third-order valence-corrected chi connectivity index (χ3v) is 7.24. The molecule has 1 saturated carbocycles. The van der Waals surface area contributed by atoms with Gasteiger partial charge in [0.1, 0.15) is 11.3 Å². The van der Waals surface area contributed by atoms with Crippen molar-refractivity contribution in [1.29, 1.82) is 0 Å². The van der Waals surface area contributed by atoms with Crippen LogP contribution in [0.2, 0.25) is 0 Å². The van der Waals surface area contributed by atoms with Gasteiger partial charge < -0.3 is 18.8 Å². The van der Waals surface area contributed by atoms with E-state index < -0.39 is 22.4 Å². The Labute approximate surface area is 168 Å². The standard InChI is InChI=1S/C20H23NO7S/c1-12-16-9-15(26-2)5-6-17(16)28-19(12)20(23)27-10-18(22)21(13-3-4-13)14-7-8-29(24,25)11-14/h5-6,9,13-14H,3-4,7-8,10-11H2,1-2H3/t14-/m0/s1. The molecule has 1 aromatic carbocycles. The molecule has 0 N–H and O–H groups in total. The molecule has 0 radical (unpaired) electrons. The first-order valence-corrected chi connectivity index (χ1v) is 11.4. The van der Waals surface area contributed by atoms with E-state index in [1.165, 1.54) is 0 Å². The number of methoxy groups -OCH3 is 1. The highest BCUT2D eigenvalue weighted by Gasteiger charge is 2.42. The van der Waals surface area contributed by atoms with Crippen molar-refractivity contribution < 1.29 is 31.9 Å². The minimum absolute atomic E-state index is 0.0201. The number of ether oxygens (including phenoxy) is 2. The van der Waals surface area contributed by atoms with Crippen LogP contribution < -0.4 is 4.74 Å². The van der Waals surface area contributed by atoms with Crippen LogP contribution in [0, 0.1) is 6.92 Å². The molecule has 1 amide bonds. The fraction of sp³-hybridized carbons (Fsp3) is 0.500. The van der Waals surface area contributed by atoms with Gasteiger partial charge in [-0.25, -0.2) is 13.2 Å². The molecular weight excluding hydrogens is 398 g/mol. The van der Waals surface area contributed by atoms with Crippen LogP contribution in [0.4, 0.5) is 0 Å². The van der Waals surface area contributed by atoms with Crippen molar-refractivity contribution in [3.8, 4) is 5.75 Å². The van der Waals surface area contributed by atoms with Gasteiger partial charge >= 0.3 is 5.97 Å². The van der Waals surface area contributed by atoms with E-state index >= 15 is 0 Å². The van der Waals surface area contributed by atoms with Gasteiger partial charge in [-0.15, -0.1) is 0 Å². The summed E-state index contributed by atoms with van der Waals surface area (Å²) in [5.74, 6) is -0.326. The number of fused-ring (bicyclic) bond motifs is 1. The van der Waals surface area contributed by atoms with Crippen LogP contribution in [0.25, 0.3) is 11.0 Å². The molecule has 1 saturated heterocycles. The molecule has 1 atom stereocenters. The van der Waals surface area contributed by atoms with Crippen LogP contribution in [0.5, 0.6) is 5.75 Å². The first kappa shape index (κ1) is 19.8. The van der Waals surface area contributed by atoms with Crippen LogP contribution in [0.15, 0.2) is 22.6 Å². The number of amides is 1. The van der Waals surface area contributed by atoms with Crippen LogP contribution >= 0.6 is 0 Å². The maximum atomic E-state index is 12.7. The van der Waals surface area contributed by atoms with E-state index in [1.54, 1.807) is 37.1 Å². The van der Waals surface area contributed by atoms with E-state index in [9.17, 15) is 18.0 Å². The normalized spacial score (nSPS) is 20.6. The highest BCUT2D eigenvalue weighted by Crippen LogP contribution is 2.33. The largest absolute Gasteiger partial charge is 0.497 e. The molecule has 2 heterocycles. The smallest absolute Gasteiger partial charge is 0.375 e. The molecule has 2 aromatic rings. The van der Waals surface area contributed by atoms with Crippen molar-refractivity contribution in [1.82, 2.24) is 4.90 Å². The summed E-state index contributed by atoms with van der Waals surface area (Å²) >= 11 is 0. The Morgan fingerprint density at radius 3 is 2.59 bits per heavy atom. The first-order chi connectivity index (χ1) is 13.8. The Hall–Kier alpha value is -2.55. The Balaban J connectivity index is 1.45. The van der Waals surface area contributed by atoms with E-state index in [0.29, 0.717) is 23.3 Å².